The summed E-state index contributed by atoms with van der Waals surface area (Å²) in [6, 6.07) is 0.285. The molecule has 0 atom stereocenters. The fourth-order valence-electron chi connectivity index (χ4n) is 4.51. The first-order valence-electron chi connectivity index (χ1n) is 11.8. The number of ether oxygens (including phenoxy) is 1. The lowest BCUT2D eigenvalue weighted by Gasteiger charge is -2.33. The Labute approximate surface area is 181 Å². The van der Waals surface area contributed by atoms with E-state index in [1.807, 2.05) is 0 Å². The van der Waals surface area contributed by atoms with Gasteiger partial charge in [-0.05, 0) is 50.6 Å². The Hall–Kier alpha value is -1.89. The van der Waals surface area contributed by atoms with Crippen molar-refractivity contribution in [2.45, 2.75) is 72.1 Å². The second-order valence-electron chi connectivity index (χ2n) is 9.25. The van der Waals surface area contributed by atoms with Crippen LogP contribution in [0.25, 0.3) is 0 Å². The number of hydrogen-bond acceptors (Lipinski definition) is 6. The number of aromatic nitrogens is 2. The molecule has 2 aliphatic heterocycles. The van der Waals surface area contributed by atoms with Crippen LogP contribution in [0, 0.1) is 11.8 Å². The van der Waals surface area contributed by atoms with Gasteiger partial charge in [-0.15, -0.1) is 0 Å². The van der Waals surface area contributed by atoms with E-state index in [1.54, 1.807) is 4.90 Å². The van der Waals surface area contributed by atoms with Gasteiger partial charge in [0.2, 0.25) is 5.91 Å². The van der Waals surface area contributed by atoms with Crippen LogP contribution < -0.4 is 15.4 Å². The Bertz CT molecular complexity index is 701. The predicted molar refractivity (Wildman–Crippen MR) is 121 cm³/mol. The van der Waals surface area contributed by atoms with Crippen LogP contribution in [0.3, 0.4) is 0 Å². The number of unbranched alkanes of at least 4 members (excludes halogenated alkanes) is 2. The maximum Gasteiger partial charge on any atom is 0.320 e. The highest BCUT2D eigenvalue weighted by molar-refractivity contribution is 6.01. The molecule has 0 bridgehead atoms. The van der Waals surface area contributed by atoms with Gasteiger partial charge in [-0.25, -0.2) is 0 Å². The zero-order valence-corrected chi connectivity index (χ0v) is 19.0. The van der Waals surface area contributed by atoms with Gasteiger partial charge in [0.25, 0.3) is 0 Å². The predicted octanol–water partition coefficient (Wildman–Crippen LogP) is 3.67. The molecule has 2 aliphatic rings. The fourth-order valence-corrected chi connectivity index (χ4v) is 4.51. The molecule has 1 amide bonds. The van der Waals surface area contributed by atoms with Gasteiger partial charge in [0.1, 0.15) is 11.6 Å². The highest BCUT2D eigenvalue weighted by Gasteiger charge is 2.32. The zero-order valence-electron chi connectivity index (χ0n) is 19.0. The second kappa shape index (κ2) is 10.9. The molecule has 0 aromatic carbocycles. The quantitative estimate of drug-likeness (QED) is 0.553. The summed E-state index contributed by atoms with van der Waals surface area (Å²) in [6.07, 6.45) is 8.29. The summed E-state index contributed by atoms with van der Waals surface area (Å²) in [7, 11) is 0. The SMILES string of the molecule is CCCCOc1nc(N)c2c(n1)N(CCCCC1CCN(CC(C)C)CC1)C(=O)C2. The summed E-state index contributed by atoms with van der Waals surface area (Å²) in [5.74, 6) is 2.67. The number of carbonyl (C=O) groups excluding carboxylic acids is 1. The Kier molecular flexibility index (Phi) is 8.31. The van der Waals surface area contributed by atoms with Crippen LogP contribution >= 0.6 is 0 Å². The average Bonchev–Trinajstić information content (AvgIpc) is 3.02. The van der Waals surface area contributed by atoms with Crippen molar-refractivity contribution >= 4 is 17.5 Å². The Morgan fingerprint density at radius 1 is 1.17 bits per heavy atom. The number of amides is 1. The monoisotopic (exact) mass is 417 g/mol. The van der Waals surface area contributed by atoms with Crippen molar-refractivity contribution in [3.05, 3.63) is 5.56 Å². The molecule has 168 valence electrons. The van der Waals surface area contributed by atoms with Crippen molar-refractivity contribution in [1.29, 1.82) is 0 Å². The van der Waals surface area contributed by atoms with E-state index in [0.29, 0.717) is 31.2 Å². The number of nitrogens with two attached hydrogens (primary N) is 1. The number of nitrogen functional groups attached to an aromatic ring is 1. The molecule has 7 heteroatoms. The number of likely N-dealkylation sites (tertiary alicyclic amines) is 1. The molecule has 1 aromatic heterocycles. The topological polar surface area (TPSA) is 84.6 Å². The number of fused-ring (bicyclic) bond motifs is 1. The molecular formula is C23H39N5O2. The van der Waals surface area contributed by atoms with Gasteiger partial charge >= 0.3 is 6.01 Å². The van der Waals surface area contributed by atoms with E-state index in [1.165, 1.54) is 38.9 Å². The number of hydrogen-bond donors (Lipinski definition) is 1. The van der Waals surface area contributed by atoms with Gasteiger partial charge < -0.3 is 15.4 Å². The molecule has 1 aromatic rings. The van der Waals surface area contributed by atoms with Crippen LogP contribution in [-0.4, -0.2) is 53.6 Å². The minimum absolute atomic E-state index is 0.0682. The van der Waals surface area contributed by atoms with E-state index in [9.17, 15) is 4.79 Å². The third-order valence-corrected chi connectivity index (χ3v) is 6.19. The molecule has 1 saturated heterocycles. The second-order valence-corrected chi connectivity index (χ2v) is 9.25. The lowest BCUT2D eigenvalue weighted by Crippen LogP contribution is -2.36. The first-order chi connectivity index (χ1) is 14.5. The molecule has 0 spiro atoms. The molecule has 1 fully saturated rings. The largest absolute Gasteiger partial charge is 0.463 e. The third kappa shape index (κ3) is 6.06. The molecule has 0 radical (unpaired) electrons. The first kappa shape index (κ1) is 22.8. The summed E-state index contributed by atoms with van der Waals surface area (Å²) in [6.45, 7) is 11.7. The normalized spacial score (nSPS) is 17.7. The lowest BCUT2D eigenvalue weighted by atomic mass is 9.91. The molecule has 30 heavy (non-hydrogen) atoms. The number of rotatable bonds is 11. The Morgan fingerprint density at radius 2 is 1.93 bits per heavy atom. The van der Waals surface area contributed by atoms with Crippen molar-refractivity contribution in [3.63, 3.8) is 0 Å². The molecule has 2 N–H and O–H groups in total. The Balaban J connectivity index is 1.46. The van der Waals surface area contributed by atoms with E-state index in [-0.39, 0.29) is 11.9 Å². The number of piperidine rings is 1. The van der Waals surface area contributed by atoms with Crippen molar-refractivity contribution in [1.82, 2.24) is 14.9 Å². The molecule has 0 saturated carbocycles. The van der Waals surface area contributed by atoms with Crippen LogP contribution in [0.2, 0.25) is 0 Å². The van der Waals surface area contributed by atoms with Crippen molar-refractivity contribution in [2.75, 3.05) is 43.4 Å². The van der Waals surface area contributed by atoms with Gasteiger partial charge in [0.15, 0.2) is 0 Å². The summed E-state index contributed by atoms with van der Waals surface area (Å²) < 4.78 is 5.63. The number of carbonyl (C=O) groups is 1. The highest BCUT2D eigenvalue weighted by atomic mass is 16.5. The molecule has 0 aliphatic carbocycles. The fraction of sp³-hybridized carbons (Fsp3) is 0.783. The molecular weight excluding hydrogens is 378 g/mol. The van der Waals surface area contributed by atoms with E-state index in [0.717, 1.165) is 43.1 Å². The van der Waals surface area contributed by atoms with Gasteiger partial charge in [-0.1, -0.05) is 40.0 Å². The zero-order chi connectivity index (χ0) is 21.5. The molecule has 3 heterocycles. The summed E-state index contributed by atoms with van der Waals surface area (Å²) in [5.41, 5.74) is 6.83. The summed E-state index contributed by atoms with van der Waals surface area (Å²) in [5, 5.41) is 0. The van der Waals surface area contributed by atoms with Crippen LogP contribution in [0.5, 0.6) is 6.01 Å². The van der Waals surface area contributed by atoms with Gasteiger partial charge in [-0.2, -0.15) is 9.97 Å². The van der Waals surface area contributed by atoms with Crippen LogP contribution in [-0.2, 0) is 11.2 Å². The lowest BCUT2D eigenvalue weighted by molar-refractivity contribution is -0.117. The van der Waals surface area contributed by atoms with Gasteiger partial charge in [0.05, 0.1) is 13.0 Å². The summed E-state index contributed by atoms with van der Waals surface area (Å²) >= 11 is 0. The van der Waals surface area contributed by atoms with Gasteiger partial charge in [-0.3, -0.25) is 9.69 Å². The maximum absolute atomic E-state index is 12.5. The third-order valence-electron chi connectivity index (χ3n) is 6.19. The molecule has 7 nitrogen and oxygen atoms in total. The number of anilines is 2. The average molecular weight is 418 g/mol. The van der Waals surface area contributed by atoms with Crippen LogP contribution in [0.15, 0.2) is 0 Å². The number of nitrogens with zero attached hydrogens (tertiary/aromatic N) is 4. The standard InChI is InChI=1S/C23H39N5O2/c1-4-5-14-30-23-25-21(24)19-15-20(29)28(22(19)26-23)11-7-6-8-18-9-12-27(13-10-18)16-17(2)3/h17-18H,4-16H2,1-3H3,(H2,24,25,26). The van der Waals surface area contributed by atoms with E-state index in [4.69, 9.17) is 10.5 Å². The van der Waals surface area contributed by atoms with E-state index < -0.39 is 0 Å². The highest BCUT2D eigenvalue weighted by Crippen LogP contribution is 2.32. The maximum atomic E-state index is 12.5. The summed E-state index contributed by atoms with van der Waals surface area (Å²) in [4.78, 5) is 25.6. The van der Waals surface area contributed by atoms with Crippen LogP contribution in [0.4, 0.5) is 11.6 Å². The minimum Gasteiger partial charge on any atom is -0.463 e. The smallest absolute Gasteiger partial charge is 0.320 e. The minimum atomic E-state index is 0.0682. The van der Waals surface area contributed by atoms with Crippen molar-refractivity contribution < 1.29 is 9.53 Å². The van der Waals surface area contributed by atoms with Crippen molar-refractivity contribution in [3.8, 4) is 6.01 Å². The van der Waals surface area contributed by atoms with Gasteiger partial charge in [0, 0.05) is 18.7 Å². The molecule has 0 unspecified atom stereocenters. The first-order valence-corrected chi connectivity index (χ1v) is 11.8. The van der Waals surface area contributed by atoms with E-state index >= 15 is 0 Å². The van der Waals surface area contributed by atoms with E-state index in [2.05, 4.69) is 35.6 Å². The molecule has 3 rings (SSSR count). The van der Waals surface area contributed by atoms with Crippen molar-refractivity contribution in [2.24, 2.45) is 11.8 Å². The van der Waals surface area contributed by atoms with Crippen LogP contribution in [0.1, 0.15) is 71.3 Å². The Morgan fingerprint density at radius 3 is 2.63 bits per heavy atom.